The van der Waals surface area contributed by atoms with Crippen LogP contribution in [0, 0.1) is 0 Å². The molecule has 1 aliphatic rings. The van der Waals surface area contributed by atoms with Crippen LogP contribution in [0.2, 0.25) is 0 Å². The van der Waals surface area contributed by atoms with Gasteiger partial charge in [-0.2, -0.15) is 0 Å². The molecule has 1 unspecified atom stereocenters. The molecule has 1 N–H and O–H groups in total. The topological polar surface area (TPSA) is 49.2 Å². The first-order chi connectivity index (χ1) is 11.3. The zero-order chi connectivity index (χ0) is 15.6. The molecule has 4 nitrogen and oxygen atoms in total. The van der Waals surface area contributed by atoms with Gasteiger partial charge in [0.15, 0.2) is 0 Å². The van der Waals surface area contributed by atoms with Crippen LogP contribution in [-0.2, 0) is 0 Å². The fourth-order valence-electron chi connectivity index (χ4n) is 3.41. The third-order valence-corrected chi connectivity index (χ3v) is 4.55. The van der Waals surface area contributed by atoms with Crippen LogP contribution >= 0.6 is 0 Å². The summed E-state index contributed by atoms with van der Waals surface area (Å²) < 4.78 is 0. The number of benzene rings is 1. The van der Waals surface area contributed by atoms with Gasteiger partial charge < -0.3 is 10.0 Å². The van der Waals surface area contributed by atoms with E-state index in [2.05, 4.69) is 22.0 Å². The van der Waals surface area contributed by atoms with E-state index in [0.29, 0.717) is 11.6 Å². The minimum Gasteiger partial charge on any atom is -0.506 e. The lowest BCUT2D eigenvalue weighted by Crippen LogP contribution is -2.34. The molecule has 1 aliphatic heterocycles. The SMILES string of the molecule is Oc1cccc2ccc(N3CCCCC3c3cccnc3)nc12. The van der Waals surface area contributed by atoms with Crippen LogP contribution in [0.1, 0.15) is 30.9 Å². The number of pyridine rings is 2. The van der Waals surface area contributed by atoms with E-state index in [-0.39, 0.29) is 5.75 Å². The Kier molecular flexibility index (Phi) is 3.58. The quantitative estimate of drug-likeness (QED) is 0.775. The zero-order valence-electron chi connectivity index (χ0n) is 12.9. The summed E-state index contributed by atoms with van der Waals surface area (Å²) in [7, 11) is 0. The van der Waals surface area contributed by atoms with Crippen LogP contribution < -0.4 is 4.90 Å². The lowest BCUT2D eigenvalue weighted by atomic mass is 9.96. The number of para-hydroxylation sites is 1. The Bertz CT molecular complexity index is 819. The Morgan fingerprint density at radius 1 is 1.04 bits per heavy atom. The fraction of sp³-hybridized carbons (Fsp3) is 0.263. The monoisotopic (exact) mass is 305 g/mol. The summed E-state index contributed by atoms with van der Waals surface area (Å²) >= 11 is 0. The average molecular weight is 305 g/mol. The number of phenolic OH excluding ortho intramolecular Hbond substituents is 1. The highest BCUT2D eigenvalue weighted by Gasteiger charge is 2.25. The normalized spacial score (nSPS) is 18.3. The highest BCUT2D eigenvalue weighted by atomic mass is 16.3. The third kappa shape index (κ3) is 2.61. The Labute approximate surface area is 135 Å². The van der Waals surface area contributed by atoms with E-state index in [1.165, 1.54) is 12.0 Å². The summed E-state index contributed by atoms with van der Waals surface area (Å²) in [4.78, 5) is 11.3. The number of phenols is 1. The number of aromatic hydroxyl groups is 1. The first kappa shape index (κ1) is 14.0. The van der Waals surface area contributed by atoms with Gasteiger partial charge in [-0.05, 0) is 49.1 Å². The van der Waals surface area contributed by atoms with Gasteiger partial charge in [0, 0.05) is 24.3 Å². The maximum Gasteiger partial charge on any atom is 0.141 e. The fourth-order valence-corrected chi connectivity index (χ4v) is 3.41. The van der Waals surface area contributed by atoms with Crippen molar-refractivity contribution in [3.8, 4) is 5.75 Å². The van der Waals surface area contributed by atoms with Crippen molar-refractivity contribution in [2.75, 3.05) is 11.4 Å². The molecule has 4 rings (SSSR count). The minimum absolute atomic E-state index is 0.235. The van der Waals surface area contributed by atoms with E-state index in [0.717, 1.165) is 30.6 Å². The number of hydrogen-bond donors (Lipinski definition) is 1. The van der Waals surface area contributed by atoms with Crippen LogP contribution in [0.5, 0.6) is 5.75 Å². The van der Waals surface area contributed by atoms with Crippen LogP contribution in [0.3, 0.4) is 0 Å². The van der Waals surface area contributed by atoms with Crippen molar-refractivity contribution in [2.45, 2.75) is 25.3 Å². The van der Waals surface area contributed by atoms with E-state index in [1.54, 1.807) is 6.07 Å². The van der Waals surface area contributed by atoms with Crippen LogP contribution in [-0.4, -0.2) is 21.6 Å². The average Bonchev–Trinajstić information content (AvgIpc) is 2.63. The van der Waals surface area contributed by atoms with E-state index < -0.39 is 0 Å². The molecule has 4 heteroatoms. The van der Waals surface area contributed by atoms with Gasteiger partial charge >= 0.3 is 0 Å². The molecular weight excluding hydrogens is 286 g/mol. The summed E-state index contributed by atoms with van der Waals surface area (Å²) in [5, 5.41) is 11.0. The maximum absolute atomic E-state index is 10.1. The van der Waals surface area contributed by atoms with Gasteiger partial charge in [0.05, 0.1) is 6.04 Å². The predicted octanol–water partition coefficient (Wildman–Crippen LogP) is 4.07. The van der Waals surface area contributed by atoms with Gasteiger partial charge in [-0.15, -0.1) is 0 Å². The predicted molar refractivity (Wildman–Crippen MR) is 91.6 cm³/mol. The number of nitrogens with zero attached hydrogens (tertiary/aromatic N) is 3. The lowest BCUT2D eigenvalue weighted by Gasteiger charge is -2.37. The number of aromatic nitrogens is 2. The van der Waals surface area contributed by atoms with Crippen molar-refractivity contribution in [3.05, 3.63) is 60.4 Å². The largest absolute Gasteiger partial charge is 0.506 e. The van der Waals surface area contributed by atoms with Crippen molar-refractivity contribution in [1.82, 2.24) is 9.97 Å². The molecule has 1 aromatic carbocycles. The highest BCUT2D eigenvalue weighted by molar-refractivity contribution is 5.85. The van der Waals surface area contributed by atoms with Gasteiger partial charge in [0.2, 0.25) is 0 Å². The second kappa shape index (κ2) is 5.88. The van der Waals surface area contributed by atoms with Crippen molar-refractivity contribution in [1.29, 1.82) is 0 Å². The molecule has 0 amide bonds. The Morgan fingerprint density at radius 3 is 2.87 bits per heavy atom. The number of fused-ring (bicyclic) bond motifs is 1. The van der Waals surface area contributed by atoms with Gasteiger partial charge in [-0.25, -0.2) is 4.98 Å². The van der Waals surface area contributed by atoms with Crippen LogP contribution in [0.25, 0.3) is 10.9 Å². The van der Waals surface area contributed by atoms with Gasteiger partial charge in [-0.1, -0.05) is 18.2 Å². The maximum atomic E-state index is 10.1. The van der Waals surface area contributed by atoms with E-state index in [4.69, 9.17) is 4.98 Å². The summed E-state index contributed by atoms with van der Waals surface area (Å²) in [5.41, 5.74) is 1.90. The molecule has 2 aromatic heterocycles. The van der Waals surface area contributed by atoms with Gasteiger partial charge in [0.1, 0.15) is 17.1 Å². The Balaban J connectivity index is 1.76. The molecule has 0 bridgehead atoms. The standard InChI is InChI=1S/C19H19N3O/c23-17-8-3-5-14-9-10-18(21-19(14)17)22-12-2-1-7-16(22)15-6-4-11-20-13-15/h3-6,8-11,13,16,23H,1-2,7,12H2. The van der Waals surface area contributed by atoms with Crippen molar-refractivity contribution in [3.63, 3.8) is 0 Å². The number of anilines is 1. The van der Waals surface area contributed by atoms with E-state index in [9.17, 15) is 5.11 Å². The van der Waals surface area contributed by atoms with Crippen LogP contribution in [0.15, 0.2) is 54.9 Å². The lowest BCUT2D eigenvalue weighted by molar-refractivity contribution is 0.467. The second-order valence-electron chi connectivity index (χ2n) is 6.01. The summed E-state index contributed by atoms with van der Waals surface area (Å²) in [6.45, 7) is 0.978. The first-order valence-electron chi connectivity index (χ1n) is 8.08. The molecule has 1 saturated heterocycles. The van der Waals surface area contributed by atoms with Crippen LogP contribution in [0.4, 0.5) is 5.82 Å². The van der Waals surface area contributed by atoms with Crippen molar-refractivity contribution in [2.24, 2.45) is 0 Å². The third-order valence-electron chi connectivity index (χ3n) is 4.55. The molecule has 0 saturated carbocycles. The highest BCUT2D eigenvalue weighted by Crippen LogP contribution is 2.35. The zero-order valence-corrected chi connectivity index (χ0v) is 12.9. The summed E-state index contributed by atoms with van der Waals surface area (Å²) in [6.07, 6.45) is 7.24. The van der Waals surface area contributed by atoms with Crippen molar-refractivity contribution < 1.29 is 5.11 Å². The summed E-state index contributed by atoms with van der Waals surface area (Å²) in [5.74, 6) is 1.16. The molecule has 23 heavy (non-hydrogen) atoms. The minimum atomic E-state index is 0.235. The second-order valence-corrected chi connectivity index (χ2v) is 6.01. The van der Waals surface area contributed by atoms with Gasteiger partial charge in [-0.3, -0.25) is 4.98 Å². The molecular formula is C19H19N3O. The number of hydrogen-bond acceptors (Lipinski definition) is 4. The smallest absolute Gasteiger partial charge is 0.141 e. The number of rotatable bonds is 2. The van der Waals surface area contributed by atoms with Gasteiger partial charge in [0.25, 0.3) is 0 Å². The van der Waals surface area contributed by atoms with E-state index in [1.807, 2.05) is 36.7 Å². The molecule has 1 atom stereocenters. The first-order valence-corrected chi connectivity index (χ1v) is 8.08. The van der Waals surface area contributed by atoms with Crippen molar-refractivity contribution >= 4 is 16.7 Å². The van der Waals surface area contributed by atoms with E-state index >= 15 is 0 Å². The molecule has 0 aliphatic carbocycles. The molecule has 1 fully saturated rings. The molecule has 3 heterocycles. The summed E-state index contributed by atoms with van der Waals surface area (Å²) in [6, 6.07) is 14.0. The molecule has 3 aromatic rings. The molecule has 116 valence electrons. The molecule has 0 radical (unpaired) electrons. The Hall–Kier alpha value is -2.62. The molecule has 0 spiro atoms. The number of piperidine rings is 1. The Morgan fingerprint density at radius 2 is 2.00 bits per heavy atom.